The predicted octanol–water partition coefficient (Wildman–Crippen LogP) is 3.97. The lowest BCUT2D eigenvalue weighted by Gasteiger charge is -2.16. The standard InChI is InChI=1S/C21H19F2N3O4/c1-13-11-12-24-26(13)16-9-7-15(8-10-16)20(28)29-14(2)19(27)25-17-5-3-4-6-18(17)30-21(22)23/h3-12,14,21H,1-2H3,(H,25,27)/t14-/m0/s1. The molecule has 1 aromatic heterocycles. The summed E-state index contributed by atoms with van der Waals surface area (Å²) in [4.78, 5) is 24.7. The molecule has 1 amide bonds. The lowest BCUT2D eigenvalue weighted by molar-refractivity contribution is -0.123. The number of nitrogens with one attached hydrogen (secondary N) is 1. The summed E-state index contributed by atoms with van der Waals surface area (Å²) in [6.07, 6.45) is 0.507. The highest BCUT2D eigenvalue weighted by Gasteiger charge is 2.21. The van der Waals surface area contributed by atoms with E-state index in [1.54, 1.807) is 41.2 Å². The highest BCUT2D eigenvalue weighted by Crippen LogP contribution is 2.25. The molecule has 1 atom stereocenters. The van der Waals surface area contributed by atoms with Crippen molar-refractivity contribution < 1.29 is 27.8 Å². The van der Waals surface area contributed by atoms with Crippen molar-refractivity contribution in [3.05, 3.63) is 72.1 Å². The lowest BCUT2D eigenvalue weighted by atomic mass is 10.2. The first-order valence-electron chi connectivity index (χ1n) is 9.02. The second kappa shape index (κ2) is 9.17. The zero-order valence-electron chi connectivity index (χ0n) is 16.2. The molecule has 0 fully saturated rings. The first-order chi connectivity index (χ1) is 14.3. The molecule has 7 nitrogen and oxygen atoms in total. The number of para-hydroxylation sites is 2. The fourth-order valence-corrected chi connectivity index (χ4v) is 2.66. The zero-order valence-corrected chi connectivity index (χ0v) is 16.2. The Morgan fingerprint density at radius 3 is 2.40 bits per heavy atom. The van der Waals surface area contributed by atoms with Crippen LogP contribution in [0.4, 0.5) is 14.5 Å². The maximum atomic E-state index is 12.5. The molecule has 3 aromatic rings. The maximum absolute atomic E-state index is 12.5. The monoisotopic (exact) mass is 415 g/mol. The Morgan fingerprint density at radius 2 is 1.77 bits per heavy atom. The number of hydrogen-bond donors (Lipinski definition) is 1. The van der Waals surface area contributed by atoms with E-state index in [0.29, 0.717) is 0 Å². The van der Waals surface area contributed by atoms with Crippen LogP contribution >= 0.6 is 0 Å². The van der Waals surface area contributed by atoms with Gasteiger partial charge in [-0.15, -0.1) is 0 Å². The van der Waals surface area contributed by atoms with Gasteiger partial charge in [0.05, 0.1) is 16.9 Å². The van der Waals surface area contributed by atoms with E-state index in [-0.39, 0.29) is 17.0 Å². The number of hydrogen-bond acceptors (Lipinski definition) is 5. The minimum Gasteiger partial charge on any atom is -0.449 e. The lowest BCUT2D eigenvalue weighted by Crippen LogP contribution is -2.30. The zero-order chi connectivity index (χ0) is 21.7. The average molecular weight is 415 g/mol. The molecule has 0 bridgehead atoms. The second-order valence-electron chi connectivity index (χ2n) is 6.34. The number of amides is 1. The molecular formula is C21H19F2N3O4. The molecule has 0 saturated heterocycles. The van der Waals surface area contributed by atoms with Crippen molar-refractivity contribution in [2.75, 3.05) is 5.32 Å². The van der Waals surface area contributed by atoms with E-state index in [9.17, 15) is 18.4 Å². The third kappa shape index (κ3) is 4.99. The molecule has 0 spiro atoms. The quantitative estimate of drug-likeness (QED) is 0.591. The molecule has 156 valence electrons. The van der Waals surface area contributed by atoms with Gasteiger partial charge >= 0.3 is 12.6 Å². The fourth-order valence-electron chi connectivity index (χ4n) is 2.66. The van der Waals surface area contributed by atoms with Gasteiger partial charge in [0, 0.05) is 11.9 Å². The number of carbonyl (C=O) groups is 2. The van der Waals surface area contributed by atoms with Crippen molar-refractivity contribution in [1.82, 2.24) is 9.78 Å². The molecular weight excluding hydrogens is 396 g/mol. The van der Waals surface area contributed by atoms with Crippen LogP contribution in [0.2, 0.25) is 0 Å². The van der Waals surface area contributed by atoms with Crippen LogP contribution in [0.3, 0.4) is 0 Å². The fraction of sp³-hybridized carbons (Fsp3) is 0.190. The van der Waals surface area contributed by atoms with Crippen LogP contribution in [0.5, 0.6) is 5.75 Å². The van der Waals surface area contributed by atoms with E-state index in [1.807, 2.05) is 13.0 Å². The van der Waals surface area contributed by atoms with Gasteiger partial charge in [0.2, 0.25) is 0 Å². The van der Waals surface area contributed by atoms with Crippen LogP contribution < -0.4 is 10.1 Å². The van der Waals surface area contributed by atoms with Crippen molar-refractivity contribution >= 4 is 17.6 Å². The van der Waals surface area contributed by atoms with Gasteiger partial charge < -0.3 is 14.8 Å². The Kier molecular flexibility index (Phi) is 6.41. The first-order valence-corrected chi connectivity index (χ1v) is 9.02. The van der Waals surface area contributed by atoms with Crippen LogP contribution in [-0.2, 0) is 9.53 Å². The summed E-state index contributed by atoms with van der Waals surface area (Å²) in [6.45, 7) is 0.248. The number of benzene rings is 2. The SMILES string of the molecule is Cc1ccnn1-c1ccc(C(=O)O[C@@H](C)C(=O)Nc2ccccc2OC(F)F)cc1. The molecule has 3 rings (SSSR count). The van der Waals surface area contributed by atoms with Crippen LogP contribution in [0, 0.1) is 6.92 Å². The highest BCUT2D eigenvalue weighted by molar-refractivity contribution is 5.98. The van der Waals surface area contributed by atoms with Crippen molar-refractivity contribution in [2.24, 2.45) is 0 Å². The minimum absolute atomic E-state index is 0.0460. The summed E-state index contributed by atoms with van der Waals surface area (Å²) in [7, 11) is 0. The topological polar surface area (TPSA) is 82.5 Å². The molecule has 9 heteroatoms. The van der Waals surface area contributed by atoms with Gasteiger partial charge in [-0.3, -0.25) is 4.79 Å². The van der Waals surface area contributed by atoms with Gasteiger partial charge in [-0.1, -0.05) is 12.1 Å². The van der Waals surface area contributed by atoms with E-state index in [4.69, 9.17) is 4.74 Å². The van der Waals surface area contributed by atoms with Gasteiger partial charge in [0.25, 0.3) is 5.91 Å². The number of aromatic nitrogens is 2. The summed E-state index contributed by atoms with van der Waals surface area (Å²) in [5, 5.41) is 6.61. The Labute approximate surface area is 171 Å². The number of esters is 1. The Morgan fingerprint density at radius 1 is 1.07 bits per heavy atom. The van der Waals surface area contributed by atoms with E-state index in [2.05, 4.69) is 15.2 Å². The summed E-state index contributed by atoms with van der Waals surface area (Å²) in [5.41, 5.74) is 2.01. The Balaban J connectivity index is 1.63. The molecule has 30 heavy (non-hydrogen) atoms. The number of rotatable bonds is 7. The smallest absolute Gasteiger partial charge is 0.387 e. The number of aryl methyl sites for hydroxylation is 1. The van der Waals surface area contributed by atoms with Gasteiger partial charge in [0.1, 0.15) is 5.75 Å². The summed E-state index contributed by atoms with van der Waals surface area (Å²) in [5.74, 6) is -1.57. The van der Waals surface area contributed by atoms with E-state index in [1.165, 1.54) is 25.1 Å². The molecule has 0 radical (unpaired) electrons. The molecule has 0 aliphatic heterocycles. The van der Waals surface area contributed by atoms with Crippen LogP contribution in [-0.4, -0.2) is 34.4 Å². The normalized spacial score (nSPS) is 11.8. The maximum Gasteiger partial charge on any atom is 0.387 e. The van der Waals surface area contributed by atoms with Crippen molar-refractivity contribution in [1.29, 1.82) is 0 Å². The third-order valence-corrected chi connectivity index (χ3v) is 4.19. The Hall–Kier alpha value is -3.75. The number of alkyl halides is 2. The summed E-state index contributed by atoms with van der Waals surface area (Å²) < 4.78 is 36.2. The second-order valence-corrected chi connectivity index (χ2v) is 6.34. The van der Waals surface area contributed by atoms with E-state index >= 15 is 0 Å². The number of nitrogens with zero attached hydrogens (tertiary/aromatic N) is 2. The number of ether oxygens (including phenoxy) is 2. The molecule has 0 unspecified atom stereocenters. The number of carbonyl (C=O) groups excluding carboxylic acids is 2. The summed E-state index contributed by atoms with van der Waals surface area (Å²) in [6, 6.07) is 14.1. The molecule has 1 heterocycles. The summed E-state index contributed by atoms with van der Waals surface area (Å²) >= 11 is 0. The molecule has 2 aromatic carbocycles. The van der Waals surface area contributed by atoms with Crippen molar-refractivity contribution in [3.8, 4) is 11.4 Å². The molecule has 0 saturated carbocycles. The highest BCUT2D eigenvalue weighted by atomic mass is 19.3. The number of anilines is 1. The Bertz CT molecular complexity index is 1030. The van der Waals surface area contributed by atoms with Gasteiger partial charge in [-0.05, 0) is 56.3 Å². The van der Waals surface area contributed by atoms with Crippen LogP contribution in [0.25, 0.3) is 5.69 Å². The van der Waals surface area contributed by atoms with E-state index in [0.717, 1.165) is 11.4 Å². The van der Waals surface area contributed by atoms with Crippen LogP contribution in [0.1, 0.15) is 23.0 Å². The molecule has 1 N–H and O–H groups in total. The first kappa shape index (κ1) is 21.0. The molecule has 0 aliphatic carbocycles. The van der Waals surface area contributed by atoms with Gasteiger partial charge in [0.15, 0.2) is 6.10 Å². The van der Waals surface area contributed by atoms with Gasteiger partial charge in [-0.25, -0.2) is 9.48 Å². The van der Waals surface area contributed by atoms with E-state index < -0.39 is 24.6 Å². The molecule has 0 aliphatic rings. The third-order valence-electron chi connectivity index (χ3n) is 4.19. The average Bonchev–Trinajstić information content (AvgIpc) is 3.15. The van der Waals surface area contributed by atoms with Crippen LogP contribution in [0.15, 0.2) is 60.8 Å². The predicted molar refractivity (Wildman–Crippen MR) is 105 cm³/mol. The van der Waals surface area contributed by atoms with Crippen molar-refractivity contribution in [2.45, 2.75) is 26.6 Å². The van der Waals surface area contributed by atoms with Crippen molar-refractivity contribution in [3.63, 3.8) is 0 Å². The number of halogens is 2. The largest absolute Gasteiger partial charge is 0.449 e. The minimum atomic E-state index is -3.04. The van der Waals surface area contributed by atoms with Gasteiger partial charge in [-0.2, -0.15) is 13.9 Å².